The summed E-state index contributed by atoms with van der Waals surface area (Å²) in [6.45, 7) is 1.73. The number of nitrogens with two attached hydrogens (primary N) is 1. The number of anilines is 1. The molecule has 1 atom stereocenters. The largest absolute Gasteiger partial charge is 0.466 e. The minimum absolute atomic E-state index is 0.000158. The Morgan fingerprint density at radius 3 is 2.62 bits per heavy atom. The zero-order valence-corrected chi connectivity index (χ0v) is 15.0. The second-order valence-corrected chi connectivity index (χ2v) is 6.18. The lowest BCUT2D eigenvalue weighted by molar-refractivity contribution is -0.143. The van der Waals surface area contributed by atoms with E-state index in [1.54, 1.807) is 19.1 Å². The maximum Gasteiger partial charge on any atom is 0.308 e. The molecule has 0 saturated carbocycles. The normalized spacial score (nSPS) is 11.4. The zero-order valence-electron chi connectivity index (χ0n) is 14.2. The van der Waals surface area contributed by atoms with Crippen LogP contribution in [0, 0.1) is 0 Å². The van der Waals surface area contributed by atoms with Gasteiger partial charge in [0.15, 0.2) is 5.13 Å². The van der Waals surface area contributed by atoms with Crippen LogP contribution in [0.25, 0.3) is 0 Å². The summed E-state index contributed by atoms with van der Waals surface area (Å²) >= 11 is 1.14. The number of nitrogens with one attached hydrogen (secondary N) is 2. The first-order valence-corrected chi connectivity index (χ1v) is 8.86. The van der Waals surface area contributed by atoms with Gasteiger partial charge in [-0.1, -0.05) is 30.3 Å². The van der Waals surface area contributed by atoms with Crippen LogP contribution in [0.4, 0.5) is 5.13 Å². The highest BCUT2D eigenvalue weighted by atomic mass is 32.1. The standard InChI is InChI=1S/C17H20N4O4S/c1-2-25-15(23)8-12(11-6-4-3-5-7-11)20-14(22)9-19-16(24)13-10-26-17(18)21-13/h3-7,10,12H,2,8-9H2,1H3,(H2,18,21)(H,19,24)(H,20,22). The minimum atomic E-state index is -0.547. The molecule has 1 aromatic heterocycles. The maximum atomic E-state index is 12.2. The molecule has 1 unspecified atom stereocenters. The predicted molar refractivity (Wildman–Crippen MR) is 97.4 cm³/mol. The molecule has 2 rings (SSSR count). The van der Waals surface area contributed by atoms with Crippen molar-refractivity contribution < 1.29 is 19.1 Å². The first-order chi connectivity index (χ1) is 12.5. The van der Waals surface area contributed by atoms with Crippen LogP contribution in [-0.2, 0) is 14.3 Å². The summed E-state index contributed by atoms with van der Waals surface area (Å²) in [6.07, 6.45) is 0.000158. The number of nitrogen functional groups attached to an aromatic ring is 1. The number of carbonyl (C=O) groups excluding carboxylic acids is 3. The van der Waals surface area contributed by atoms with E-state index in [9.17, 15) is 14.4 Å². The predicted octanol–water partition coefficient (Wildman–Crippen LogP) is 1.27. The number of thiazole rings is 1. The summed E-state index contributed by atoms with van der Waals surface area (Å²) < 4.78 is 4.95. The maximum absolute atomic E-state index is 12.2. The van der Waals surface area contributed by atoms with Crippen LogP contribution in [0.15, 0.2) is 35.7 Å². The average molecular weight is 376 g/mol. The Labute approximate surface area is 154 Å². The highest BCUT2D eigenvalue weighted by Crippen LogP contribution is 2.17. The zero-order chi connectivity index (χ0) is 18.9. The molecule has 0 aliphatic rings. The molecule has 0 fully saturated rings. The van der Waals surface area contributed by atoms with Gasteiger partial charge in [-0.25, -0.2) is 4.98 Å². The smallest absolute Gasteiger partial charge is 0.308 e. The van der Waals surface area contributed by atoms with Crippen molar-refractivity contribution in [2.75, 3.05) is 18.9 Å². The van der Waals surface area contributed by atoms with E-state index in [2.05, 4.69) is 15.6 Å². The highest BCUT2D eigenvalue weighted by molar-refractivity contribution is 7.13. The van der Waals surface area contributed by atoms with Crippen molar-refractivity contribution >= 4 is 34.3 Å². The van der Waals surface area contributed by atoms with Gasteiger partial charge >= 0.3 is 5.97 Å². The average Bonchev–Trinajstić information content (AvgIpc) is 3.06. The van der Waals surface area contributed by atoms with E-state index < -0.39 is 23.8 Å². The van der Waals surface area contributed by atoms with Gasteiger partial charge in [-0.05, 0) is 12.5 Å². The Morgan fingerprint density at radius 2 is 2.00 bits per heavy atom. The monoisotopic (exact) mass is 376 g/mol. The number of amides is 2. The lowest BCUT2D eigenvalue weighted by Crippen LogP contribution is -2.39. The molecular formula is C17H20N4O4S. The molecular weight excluding hydrogens is 356 g/mol. The second-order valence-electron chi connectivity index (χ2n) is 5.29. The first kappa shape index (κ1) is 19.4. The second kappa shape index (κ2) is 9.52. The Morgan fingerprint density at radius 1 is 1.27 bits per heavy atom. The topological polar surface area (TPSA) is 123 Å². The fourth-order valence-corrected chi connectivity index (χ4v) is 2.76. The Balaban J connectivity index is 1.94. The molecule has 1 aromatic carbocycles. The molecule has 0 bridgehead atoms. The molecule has 26 heavy (non-hydrogen) atoms. The van der Waals surface area contributed by atoms with Crippen molar-refractivity contribution in [2.45, 2.75) is 19.4 Å². The van der Waals surface area contributed by atoms with E-state index in [0.717, 1.165) is 16.9 Å². The van der Waals surface area contributed by atoms with E-state index in [1.165, 1.54) is 5.38 Å². The minimum Gasteiger partial charge on any atom is -0.466 e. The van der Waals surface area contributed by atoms with Gasteiger partial charge in [-0.2, -0.15) is 0 Å². The van der Waals surface area contributed by atoms with Crippen LogP contribution in [0.5, 0.6) is 0 Å². The number of ether oxygens (including phenoxy) is 1. The van der Waals surface area contributed by atoms with Gasteiger partial charge in [0.1, 0.15) is 5.69 Å². The van der Waals surface area contributed by atoms with Crippen molar-refractivity contribution in [3.05, 3.63) is 47.0 Å². The van der Waals surface area contributed by atoms with Crippen LogP contribution >= 0.6 is 11.3 Å². The number of hydrogen-bond acceptors (Lipinski definition) is 7. The van der Waals surface area contributed by atoms with Crippen molar-refractivity contribution in [3.63, 3.8) is 0 Å². The molecule has 9 heteroatoms. The summed E-state index contributed by atoms with van der Waals surface area (Å²) in [5, 5.41) is 6.99. The summed E-state index contributed by atoms with van der Waals surface area (Å²) in [5.41, 5.74) is 6.41. The fourth-order valence-electron chi connectivity index (χ4n) is 2.21. The lowest BCUT2D eigenvalue weighted by atomic mass is 10.0. The van der Waals surface area contributed by atoms with Gasteiger partial charge < -0.3 is 21.1 Å². The number of esters is 1. The van der Waals surface area contributed by atoms with E-state index in [0.29, 0.717) is 0 Å². The highest BCUT2D eigenvalue weighted by Gasteiger charge is 2.20. The van der Waals surface area contributed by atoms with Crippen molar-refractivity contribution in [1.82, 2.24) is 15.6 Å². The molecule has 8 nitrogen and oxygen atoms in total. The van der Waals surface area contributed by atoms with Crippen LogP contribution in [0.1, 0.15) is 35.4 Å². The van der Waals surface area contributed by atoms with Gasteiger partial charge in [-0.15, -0.1) is 11.3 Å². The van der Waals surface area contributed by atoms with Gasteiger partial charge in [0, 0.05) is 5.38 Å². The lowest BCUT2D eigenvalue weighted by Gasteiger charge is -2.18. The summed E-state index contributed by atoms with van der Waals surface area (Å²) in [5.74, 6) is -1.34. The first-order valence-electron chi connectivity index (χ1n) is 7.98. The van der Waals surface area contributed by atoms with E-state index in [1.807, 2.05) is 18.2 Å². The van der Waals surface area contributed by atoms with E-state index in [4.69, 9.17) is 10.5 Å². The van der Waals surface area contributed by atoms with E-state index in [-0.39, 0.29) is 30.4 Å². The number of benzene rings is 1. The van der Waals surface area contributed by atoms with Gasteiger partial charge in [-0.3, -0.25) is 14.4 Å². The number of aromatic nitrogens is 1. The Kier molecular flexibility index (Phi) is 7.10. The van der Waals surface area contributed by atoms with Gasteiger partial charge in [0.05, 0.1) is 25.6 Å². The fraction of sp³-hybridized carbons (Fsp3) is 0.294. The summed E-state index contributed by atoms with van der Waals surface area (Å²) in [7, 11) is 0. The van der Waals surface area contributed by atoms with Crippen molar-refractivity contribution in [2.24, 2.45) is 0 Å². The quantitative estimate of drug-likeness (QED) is 0.596. The van der Waals surface area contributed by atoms with Crippen molar-refractivity contribution in [1.29, 1.82) is 0 Å². The molecule has 0 aliphatic heterocycles. The third-order valence-electron chi connectivity index (χ3n) is 3.38. The Hall–Kier alpha value is -2.94. The van der Waals surface area contributed by atoms with E-state index >= 15 is 0 Å². The van der Waals surface area contributed by atoms with Crippen LogP contribution in [0.2, 0.25) is 0 Å². The van der Waals surface area contributed by atoms with Gasteiger partial charge in [0.2, 0.25) is 5.91 Å². The van der Waals surface area contributed by atoms with Crippen LogP contribution in [0.3, 0.4) is 0 Å². The molecule has 0 saturated heterocycles. The third-order valence-corrected chi connectivity index (χ3v) is 4.05. The number of nitrogens with zero attached hydrogens (tertiary/aromatic N) is 1. The van der Waals surface area contributed by atoms with Crippen molar-refractivity contribution in [3.8, 4) is 0 Å². The molecule has 2 amide bonds. The third kappa shape index (κ3) is 5.85. The molecule has 0 aliphatic carbocycles. The molecule has 4 N–H and O–H groups in total. The van der Waals surface area contributed by atoms with Crippen LogP contribution < -0.4 is 16.4 Å². The SMILES string of the molecule is CCOC(=O)CC(NC(=O)CNC(=O)c1csc(N)n1)c1ccccc1. The molecule has 2 aromatic rings. The van der Waals surface area contributed by atoms with Gasteiger partial charge in [0.25, 0.3) is 5.91 Å². The van der Waals surface area contributed by atoms with Crippen LogP contribution in [-0.4, -0.2) is 35.9 Å². The Bertz CT molecular complexity index is 763. The molecule has 0 radical (unpaired) electrons. The summed E-state index contributed by atoms with van der Waals surface area (Å²) in [6, 6.07) is 8.53. The number of hydrogen-bond donors (Lipinski definition) is 3. The molecule has 0 spiro atoms. The molecule has 1 heterocycles. The summed E-state index contributed by atoms with van der Waals surface area (Å²) in [4.78, 5) is 39.7. The number of rotatable bonds is 8. The molecule has 138 valence electrons. The number of carbonyl (C=O) groups is 3.